The lowest BCUT2D eigenvalue weighted by Crippen LogP contribution is -2.44. The SMILES string of the molecule is CCOC(=O)c1cccc(NC2CC(C)N(C(=O)CC)c3ccccc32)c1. The summed E-state index contributed by atoms with van der Waals surface area (Å²) < 4.78 is 5.09. The fourth-order valence-electron chi connectivity index (χ4n) is 3.65. The first-order chi connectivity index (χ1) is 13.0. The second-order valence-electron chi connectivity index (χ2n) is 6.76. The highest BCUT2D eigenvalue weighted by molar-refractivity contribution is 5.95. The molecule has 1 heterocycles. The van der Waals surface area contributed by atoms with Crippen molar-refractivity contribution in [1.29, 1.82) is 0 Å². The van der Waals surface area contributed by atoms with Crippen molar-refractivity contribution in [3.63, 3.8) is 0 Å². The van der Waals surface area contributed by atoms with E-state index < -0.39 is 0 Å². The smallest absolute Gasteiger partial charge is 0.338 e. The number of hydrogen-bond acceptors (Lipinski definition) is 4. The summed E-state index contributed by atoms with van der Waals surface area (Å²) in [6.07, 6.45) is 1.28. The predicted molar refractivity (Wildman–Crippen MR) is 107 cm³/mol. The van der Waals surface area contributed by atoms with Gasteiger partial charge in [-0.25, -0.2) is 4.79 Å². The molecule has 1 N–H and O–H groups in total. The number of nitrogens with zero attached hydrogens (tertiary/aromatic N) is 1. The Morgan fingerprint density at radius 1 is 1.15 bits per heavy atom. The highest BCUT2D eigenvalue weighted by atomic mass is 16.5. The van der Waals surface area contributed by atoms with Crippen LogP contribution in [-0.2, 0) is 9.53 Å². The third kappa shape index (κ3) is 3.97. The van der Waals surface area contributed by atoms with E-state index in [1.54, 1.807) is 13.0 Å². The molecule has 0 radical (unpaired) electrons. The Kier molecular flexibility index (Phi) is 5.79. The van der Waals surface area contributed by atoms with Crippen LogP contribution in [-0.4, -0.2) is 24.5 Å². The Bertz CT molecular complexity index is 834. The molecule has 2 atom stereocenters. The summed E-state index contributed by atoms with van der Waals surface area (Å²) in [4.78, 5) is 26.3. The van der Waals surface area contributed by atoms with Crippen LogP contribution in [0.4, 0.5) is 11.4 Å². The summed E-state index contributed by atoms with van der Waals surface area (Å²) >= 11 is 0. The normalized spacial score (nSPS) is 18.6. The van der Waals surface area contributed by atoms with E-state index in [-0.39, 0.29) is 24.0 Å². The summed E-state index contributed by atoms with van der Waals surface area (Å²) in [6, 6.07) is 15.5. The molecule has 0 aliphatic carbocycles. The van der Waals surface area contributed by atoms with E-state index in [9.17, 15) is 9.59 Å². The first kappa shape index (κ1) is 19.0. The molecule has 27 heavy (non-hydrogen) atoms. The minimum absolute atomic E-state index is 0.0644. The van der Waals surface area contributed by atoms with Crippen molar-refractivity contribution in [2.45, 2.75) is 45.7 Å². The molecule has 3 rings (SSSR count). The van der Waals surface area contributed by atoms with Gasteiger partial charge in [0.1, 0.15) is 0 Å². The molecule has 1 aliphatic rings. The molecule has 0 spiro atoms. The van der Waals surface area contributed by atoms with Crippen LogP contribution < -0.4 is 10.2 Å². The number of benzene rings is 2. The molecule has 5 nitrogen and oxygen atoms in total. The summed E-state index contributed by atoms with van der Waals surface area (Å²) in [5, 5.41) is 3.54. The van der Waals surface area contributed by atoms with Gasteiger partial charge >= 0.3 is 5.97 Å². The quantitative estimate of drug-likeness (QED) is 0.789. The summed E-state index contributed by atoms with van der Waals surface area (Å²) in [7, 11) is 0. The van der Waals surface area contributed by atoms with Crippen LogP contribution in [0.1, 0.15) is 55.6 Å². The van der Waals surface area contributed by atoms with Gasteiger partial charge < -0.3 is 15.0 Å². The zero-order valence-electron chi connectivity index (χ0n) is 16.1. The summed E-state index contributed by atoms with van der Waals surface area (Å²) in [5.74, 6) is -0.184. The third-order valence-corrected chi connectivity index (χ3v) is 4.88. The van der Waals surface area contributed by atoms with Gasteiger partial charge in [0, 0.05) is 23.8 Å². The number of esters is 1. The van der Waals surface area contributed by atoms with Gasteiger partial charge in [0.2, 0.25) is 5.91 Å². The molecular formula is C22H26N2O3. The van der Waals surface area contributed by atoms with Crippen LogP contribution in [0.5, 0.6) is 0 Å². The van der Waals surface area contributed by atoms with Crippen LogP contribution >= 0.6 is 0 Å². The number of anilines is 2. The van der Waals surface area contributed by atoms with Gasteiger partial charge in [-0.1, -0.05) is 31.2 Å². The van der Waals surface area contributed by atoms with Gasteiger partial charge in [-0.2, -0.15) is 0 Å². The number of amides is 1. The first-order valence-corrected chi connectivity index (χ1v) is 9.49. The van der Waals surface area contributed by atoms with Crippen molar-refractivity contribution in [2.75, 3.05) is 16.8 Å². The predicted octanol–water partition coefficient (Wildman–Crippen LogP) is 4.55. The van der Waals surface area contributed by atoms with Crippen LogP contribution in [0.3, 0.4) is 0 Å². The Morgan fingerprint density at radius 2 is 1.93 bits per heavy atom. The van der Waals surface area contributed by atoms with E-state index in [1.165, 1.54) is 0 Å². The Labute approximate surface area is 160 Å². The lowest BCUT2D eigenvalue weighted by atomic mass is 9.91. The lowest BCUT2D eigenvalue weighted by Gasteiger charge is -2.40. The maximum absolute atomic E-state index is 12.4. The number of para-hydroxylation sites is 1. The molecule has 1 amide bonds. The highest BCUT2D eigenvalue weighted by Gasteiger charge is 2.32. The maximum atomic E-state index is 12.4. The second-order valence-corrected chi connectivity index (χ2v) is 6.76. The number of hydrogen-bond donors (Lipinski definition) is 1. The monoisotopic (exact) mass is 366 g/mol. The summed E-state index contributed by atoms with van der Waals surface area (Å²) in [5.41, 5.74) is 3.45. The van der Waals surface area contributed by atoms with E-state index >= 15 is 0 Å². The van der Waals surface area contributed by atoms with Crippen molar-refractivity contribution in [1.82, 2.24) is 0 Å². The number of ether oxygens (including phenoxy) is 1. The second kappa shape index (κ2) is 8.25. The third-order valence-electron chi connectivity index (χ3n) is 4.88. The van der Waals surface area contributed by atoms with Gasteiger partial charge in [0.05, 0.1) is 18.2 Å². The maximum Gasteiger partial charge on any atom is 0.338 e. The zero-order chi connectivity index (χ0) is 19.4. The molecule has 0 fully saturated rings. The average Bonchev–Trinajstić information content (AvgIpc) is 2.68. The molecule has 2 aromatic rings. The Morgan fingerprint density at radius 3 is 2.67 bits per heavy atom. The average molecular weight is 366 g/mol. The largest absolute Gasteiger partial charge is 0.462 e. The van der Waals surface area contributed by atoms with E-state index in [2.05, 4.69) is 18.3 Å². The Balaban J connectivity index is 1.89. The molecule has 142 valence electrons. The minimum atomic E-state index is -0.321. The van der Waals surface area contributed by atoms with Crippen molar-refractivity contribution >= 4 is 23.3 Å². The molecular weight excluding hydrogens is 340 g/mol. The number of rotatable bonds is 5. The molecule has 0 aromatic heterocycles. The standard InChI is InChI=1S/C22H26N2O3/c1-4-21(25)24-15(3)13-19(18-11-6-7-12-20(18)24)23-17-10-8-9-16(14-17)22(26)27-5-2/h6-12,14-15,19,23H,4-5,13H2,1-3H3. The van der Waals surface area contributed by atoms with Crippen molar-refractivity contribution in [3.05, 3.63) is 59.7 Å². The van der Waals surface area contributed by atoms with Crippen LogP contribution in [0.25, 0.3) is 0 Å². The lowest BCUT2D eigenvalue weighted by molar-refractivity contribution is -0.118. The van der Waals surface area contributed by atoms with Crippen LogP contribution in [0.2, 0.25) is 0 Å². The van der Waals surface area contributed by atoms with Gasteiger partial charge in [-0.05, 0) is 50.1 Å². The molecule has 0 saturated carbocycles. The fourth-order valence-corrected chi connectivity index (χ4v) is 3.65. The van der Waals surface area contributed by atoms with E-state index in [4.69, 9.17) is 4.74 Å². The van der Waals surface area contributed by atoms with Gasteiger partial charge in [0.25, 0.3) is 0 Å². The van der Waals surface area contributed by atoms with Crippen molar-refractivity contribution in [2.24, 2.45) is 0 Å². The van der Waals surface area contributed by atoms with Crippen molar-refractivity contribution < 1.29 is 14.3 Å². The molecule has 0 saturated heterocycles. The van der Waals surface area contributed by atoms with Gasteiger partial charge in [-0.15, -0.1) is 0 Å². The van der Waals surface area contributed by atoms with Gasteiger partial charge in [0.15, 0.2) is 0 Å². The molecule has 5 heteroatoms. The highest BCUT2D eigenvalue weighted by Crippen LogP contribution is 2.39. The molecule has 2 unspecified atom stereocenters. The van der Waals surface area contributed by atoms with Crippen LogP contribution in [0.15, 0.2) is 48.5 Å². The van der Waals surface area contributed by atoms with Crippen molar-refractivity contribution in [3.8, 4) is 0 Å². The topological polar surface area (TPSA) is 58.6 Å². The van der Waals surface area contributed by atoms with Gasteiger partial charge in [-0.3, -0.25) is 4.79 Å². The molecule has 0 bridgehead atoms. The molecule has 2 aromatic carbocycles. The number of carbonyl (C=O) groups excluding carboxylic acids is 2. The van der Waals surface area contributed by atoms with E-state index in [0.717, 1.165) is 23.4 Å². The molecule has 1 aliphatic heterocycles. The van der Waals surface area contributed by atoms with Crippen LogP contribution in [0, 0.1) is 0 Å². The number of carbonyl (C=O) groups is 2. The van der Waals surface area contributed by atoms with E-state index in [1.807, 2.05) is 48.2 Å². The fraction of sp³-hybridized carbons (Fsp3) is 0.364. The minimum Gasteiger partial charge on any atom is -0.462 e. The number of fused-ring (bicyclic) bond motifs is 1. The summed E-state index contributed by atoms with van der Waals surface area (Å²) in [6.45, 7) is 6.12. The Hall–Kier alpha value is -2.82. The van der Waals surface area contributed by atoms with E-state index in [0.29, 0.717) is 18.6 Å². The first-order valence-electron chi connectivity index (χ1n) is 9.49. The zero-order valence-corrected chi connectivity index (χ0v) is 16.1. The number of nitrogens with one attached hydrogen (secondary N) is 1.